The maximum Gasteiger partial charge on any atom is 0.329 e. The van der Waals surface area contributed by atoms with Gasteiger partial charge in [0, 0.05) is 10.6 Å². The van der Waals surface area contributed by atoms with Crippen LogP contribution in [-0.2, 0) is 9.59 Å². The van der Waals surface area contributed by atoms with Gasteiger partial charge in [-0.1, -0.05) is 23.7 Å². The van der Waals surface area contributed by atoms with E-state index in [0.29, 0.717) is 34.4 Å². The van der Waals surface area contributed by atoms with E-state index < -0.39 is 24.4 Å². The molecule has 1 fully saturated rings. The highest BCUT2D eigenvalue weighted by Gasteiger charge is 2.35. The maximum absolute atomic E-state index is 12.7. The number of nitrogens with one attached hydrogen (secondary N) is 2. The number of urea groups is 1. The summed E-state index contributed by atoms with van der Waals surface area (Å²) in [5.74, 6) is -0.184. The van der Waals surface area contributed by atoms with Crippen LogP contribution in [-0.4, -0.2) is 43.0 Å². The van der Waals surface area contributed by atoms with Crippen LogP contribution in [0.25, 0.3) is 6.08 Å². The number of anilines is 1. The lowest BCUT2D eigenvalue weighted by molar-refractivity contribution is -0.127. The van der Waals surface area contributed by atoms with Crippen LogP contribution in [0.5, 0.6) is 11.5 Å². The van der Waals surface area contributed by atoms with Crippen LogP contribution in [0.15, 0.2) is 48.2 Å². The van der Waals surface area contributed by atoms with E-state index in [0.717, 1.165) is 4.90 Å². The summed E-state index contributed by atoms with van der Waals surface area (Å²) in [5.41, 5.74) is 0.995. The topological polar surface area (TPSA) is 97.0 Å². The van der Waals surface area contributed by atoms with E-state index in [2.05, 4.69) is 10.6 Å². The van der Waals surface area contributed by atoms with E-state index in [1.807, 2.05) is 6.92 Å². The van der Waals surface area contributed by atoms with Crippen LogP contribution in [0.4, 0.5) is 10.5 Å². The van der Waals surface area contributed by atoms with E-state index in [9.17, 15) is 14.4 Å². The van der Waals surface area contributed by atoms with Crippen molar-refractivity contribution in [3.05, 3.63) is 58.7 Å². The molecule has 0 aliphatic carbocycles. The fraction of sp³-hybridized carbons (Fsp3) is 0.190. The minimum atomic E-state index is -0.693. The molecule has 1 aliphatic rings. The highest BCUT2D eigenvalue weighted by molar-refractivity contribution is 6.30. The third-order valence-corrected chi connectivity index (χ3v) is 4.45. The SMILES string of the molecule is CCOc1ccc(Cl)cc1/C=C1\NC(=O)N(CC(=O)Nc2ccccc2OC)C1=O. The summed E-state index contributed by atoms with van der Waals surface area (Å²) in [6.45, 7) is 1.80. The lowest BCUT2D eigenvalue weighted by Crippen LogP contribution is -2.38. The Morgan fingerprint density at radius 1 is 1.20 bits per heavy atom. The highest BCUT2D eigenvalue weighted by Crippen LogP contribution is 2.27. The summed E-state index contributed by atoms with van der Waals surface area (Å²) in [7, 11) is 1.48. The van der Waals surface area contributed by atoms with Gasteiger partial charge in [0.1, 0.15) is 23.7 Å². The smallest absolute Gasteiger partial charge is 0.329 e. The van der Waals surface area contributed by atoms with Crippen LogP contribution in [0.3, 0.4) is 0 Å². The number of hydrogen-bond donors (Lipinski definition) is 2. The van der Waals surface area contributed by atoms with Gasteiger partial charge in [-0.3, -0.25) is 9.59 Å². The number of amides is 4. The molecule has 1 aliphatic heterocycles. The number of halogens is 1. The van der Waals surface area contributed by atoms with Crippen molar-refractivity contribution >= 4 is 41.2 Å². The molecule has 4 amide bonds. The number of nitrogens with zero attached hydrogens (tertiary/aromatic N) is 1. The Kier molecular flexibility index (Phi) is 6.58. The molecular formula is C21H20ClN3O5. The van der Waals surface area contributed by atoms with Gasteiger partial charge in [-0.25, -0.2) is 9.69 Å². The summed E-state index contributed by atoms with van der Waals surface area (Å²) in [4.78, 5) is 38.1. The summed E-state index contributed by atoms with van der Waals surface area (Å²) in [6.07, 6.45) is 1.47. The molecule has 0 spiro atoms. The zero-order chi connectivity index (χ0) is 21.7. The zero-order valence-corrected chi connectivity index (χ0v) is 17.2. The Morgan fingerprint density at radius 3 is 2.70 bits per heavy atom. The first-order valence-corrected chi connectivity index (χ1v) is 9.50. The van der Waals surface area contributed by atoms with Gasteiger partial charge in [0.2, 0.25) is 5.91 Å². The summed E-state index contributed by atoms with van der Waals surface area (Å²) >= 11 is 6.04. The second-order valence-electron chi connectivity index (χ2n) is 6.24. The van der Waals surface area contributed by atoms with Crippen molar-refractivity contribution < 1.29 is 23.9 Å². The van der Waals surface area contributed by atoms with Gasteiger partial charge in [-0.2, -0.15) is 0 Å². The Balaban J connectivity index is 1.76. The number of carbonyl (C=O) groups is 3. The average Bonchev–Trinajstić information content (AvgIpc) is 2.98. The number of methoxy groups -OCH3 is 1. The molecule has 0 radical (unpaired) electrons. The Morgan fingerprint density at radius 2 is 1.97 bits per heavy atom. The molecule has 9 heteroatoms. The number of hydrogen-bond acceptors (Lipinski definition) is 5. The minimum absolute atomic E-state index is 0.0216. The fourth-order valence-electron chi connectivity index (χ4n) is 2.87. The fourth-order valence-corrected chi connectivity index (χ4v) is 3.05. The van der Waals surface area contributed by atoms with Crippen molar-refractivity contribution in [2.45, 2.75) is 6.92 Å². The normalized spacial score (nSPS) is 14.6. The van der Waals surface area contributed by atoms with Crippen molar-refractivity contribution in [1.82, 2.24) is 10.2 Å². The number of para-hydroxylation sites is 2. The van der Waals surface area contributed by atoms with Gasteiger partial charge in [0.25, 0.3) is 5.91 Å². The largest absolute Gasteiger partial charge is 0.495 e. The van der Waals surface area contributed by atoms with Gasteiger partial charge in [0.05, 0.1) is 19.4 Å². The first kappa shape index (κ1) is 21.2. The van der Waals surface area contributed by atoms with Gasteiger partial charge in [-0.05, 0) is 43.3 Å². The quantitative estimate of drug-likeness (QED) is 0.520. The number of imide groups is 1. The first-order valence-electron chi connectivity index (χ1n) is 9.12. The third-order valence-electron chi connectivity index (χ3n) is 4.22. The molecular weight excluding hydrogens is 410 g/mol. The molecule has 2 aromatic rings. The summed E-state index contributed by atoms with van der Waals surface area (Å²) < 4.78 is 10.7. The molecule has 0 bridgehead atoms. The number of rotatable bonds is 7. The molecule has 2 N–H and O–H groups in total. The van der Waals surface area contributed by atoms with E-state index in [4.69, 9.17) is 21.1 Å². The van der Waals surface area contributed by atoms with Crippen molar-refractivity contribution in [3.8, 4) is 11.5 Å². The van der Waals surface area contributed by atoms with E-state index in [1.54, 1.807) is 42.5 Å². The average molecular weight is 430 g/mol. The molecule has 1 saturated heterocycles. The van der Waals surface area contributed by atoms with Crippen molar-refractivity contribution in [1.29, 1.82) is 0 Å². The molecule has 3 rings (SSSR count). The predicted molar refractivity (Wildman–Crippen MR) is 112 cm³/mol. The Labute approximate surface area is 178 Å². The summed E-state index contributed by atoms with van der Waals surface area (Å²) in [5, 5.41) is 5.56. The molecule has 2 aromatic carbocycles. The molecule has 8 nitrogen and oxygen atoms in total. The van der Waals surface area contributed by atoms with Gasteiger partial charge in [-0.15, -0.1) is 0 Å². The molecule has 156 valence electrons. The van der Waals surface area contributed by atoms with Crippen LogP contribution in [0.2, 0.25) is 5.02 Å². The Bertz CT molecular complexity index is 1020. The van der Waals surface area contributed by atoms with Crippen molar-refractivity contribution in [2.24, 2.45) is 0 Å². The zero-order valence-electron chi connectivity index (χ0n) is 16.4. The maximum atomic E-state index is 12.7. The lowest BCUT2D eigenvalue weighted by atomic mass is 10.1. The number of ether oxygens (including phenoxy) is 2. The second kappa shape index (κ2) is 9.32. The molecule has 0 unspecified atom stereocenters. The standard InChI is InChI=1S/C21H20ClN3O5/c1-3-30-17-9-8-14(22)10-13(17)11-16-20(27)25(21(28)24-16)12-19(26)23-15-6-4-5-7-18(15)29-2/h4-11H,3,12H2,1-2H3,(H,23,26)(H,24,28)/b16-11-. The van der Waals surface area contributed by atoms with E-state index in [-0.39, 0.29) is 5.70 Å². The molecule has 1 heterocycles. The molecule has 0 aromatic heterocycles. The van der Waals surface area contributed by atoms with Crippen molar-refractivity contribution in [2.75, 3.05) is 25.6 Å². The molecule has 0 saturated carbocycles. The highest BCUT2D eigenvalue weighted by atomic mass is 35.5. The van der Waals surface area contributed by atoms with Gasteiger partial charge in [0.15, 0.2) is 0 Å². The van der Waals surface area contributed by atoms with E-state index in [1.165, 1.54) is 13.2 Å². The van der Waals surface area contributed by atoms with E-state index >= 15 is 0 Å². The molecule has 30 heavy (non-hydrogen) atoms. The molecule has 0 atom stereocenters. The predicted octanol–water partition coefficient (Wildman–Crippen LogP) is 3.28. The van der Waals surface area contributed by atoms with Crippen LogP contribution in [0, 0.1) is 0 Å². The monoisotopic (exact) mass is 429 g/mol. The minimum Gasteiger partial charge on any atom is -0.495 e. The second-order valence-corrected chi connectivity index (χ2v) is 6.68. The number of carbonyl (C=O) groups excluding carboxylic acids is 3. The lowest BCUT2D eigenvalue weighted by Gasteiger charge is -2.13. The number of benzene rings is 2. The first-order chi connectivity index (χ1) is 14.4. The Hall–Kier alpha value is -3.52. The summed E-state index contributed by atoms with van der Waals surface area (Å²) in [6, 6.07) is 11.1. The van der Waals surface area contributed by atoms with Gasteiger partial charge >= 0.3 is 6.03 Å². The van der Waals surface area contributed by atoms with Gasteiger partial charge < -0.3 is 20.1 Å². The third kappa shape index (κ3) is 4.72. The van der Waals surface area contributed by atoms with Crippen LogP contribution in [0.1, 0.15) is 12.5 Å². The van der Waals surface area contributed by atoms with Crippen LogP contribution >= 0.6 is 11.6 Å². The van der Waals surface area contributed by atoms with Crippen LogP contribution < -0.4 is 20.1 Å². The van der Waals surface area contributed by atoms with Crippen molar-refractivity contribution in [3.63, 3.8) is 0 Å².